The van der Waals surface area contributed by atoms with Crippen LogP contribution < -0.4 is 5.14 Å². The third-order valence-electron chi connectivity index (χ3n) is 3.07. The molecule has 6 heteroatoms. The fourth-order valence-corrected chi connectivity index (χ4v) is 2.41. The zero-order chi connectivity index (χ0) is 12.6. The van der Waals surface area contributed by atoms with Gasteiger partial charge in [0.2, 0.25) is 0 Å². The summed E-state index contributed by atoms with van der Waals surface area (Å²) in [6.07, 6.45) is 5.26. The summed E-state index contributed by atoms with van der Waals surface area (Å²) in [6.45, 7) is 4.84. The van der Waals surface area contributed by atoms with E-state index < -0.39 is 10.0 Å². The zero-order valence-corrected chi connectivity index (χ0v) is 11.1. The van der Waals surface area contributed by atoms with Gasteiger partial charge >= 0.3 is 0 Å². The summed E-state index contributed by atoms with van der Waals surface area (Å²) in [5, 5.41) is 5.09. The Labute approximate surface area is 102 Å². The maximum Gasteiger partial charge on any atom is 0.257 e. The lowest BCUT2D eigenvalue weighted by Gasteiger charge is -2.09. The second-order valence-electron chi connectivity index (χ2n) is 5.06. The van der Waals surface area contributed by atoms with E-state index in [2.05, 4.69) is 4.98 Å². The Balaban J connectivity index is 2.24. The van der Waals surface area contributed by atoms with Crippen molar-refractivity contribution < 1.29 is 8.42 Å². The minimum atomic E-state index is -3.69. The van der Waals surface area contributed by atoms with Gasteiger partial charge in [-0.25, -0.2) is 18.5 Å². The van der Waals surface area contributed by atoms with Gasteiger partial charge in [0.15, 0.2) is 5.03 Å². The van der Waals surface area contributed by atoms with Crippen LogP contribution in [0.2, 0.25) is 0 Å². The lowest BCUT2D eigenvalue weighted by molar-refractivity contribution is 0.559. The SMILES string of the molecule is CC(C)c1nc(S(N)(=O)=O)cn1CCC1CC1. The lowest BCUT2D eigenvalue weighted by Crippen LogP contribution is -2.12. The molecule has 0 aliphatic heterocycles. The van der Waals surface area contributed by atoms with E-state index in [-0.39, 0.29) is 10.9 Å². The molecule has 96 valence electrons. The van der Waals surface area contributed by atoms with Gasteiger partial charge in [0.25, 0.3) is 10.0 Å². The minimum absolute atomic E-state index is 0.0167. The molecule has 1 fully saturated rings. The van der Waals surface area contributed by atoms with E-state index in [1.165, 1.54) is 12.8 Å². The van der Waals surface area contributed by atoms with Gasteiger partial charge < -0.3 is 4.57 Å². The van der Waals surface area contributed by atoms with Crippen LogP contribution in [-0.2, 0) is 16.6 Å². The highest BCUT2D eigenvalue weighted by Gasteiger charge is 2.23. The molecule has 0 amide bonds. The normalized spacial score (nSPS) is 16.7. The van der Waals surface area contributed by atoms with Crippen molar-refractivity contribution >= 4 is 10.0 Å². The molecule has 2 rings (SSSR count). The molecule has 1 aromatic heterocycles. The van der Waals surface area contributed by atoms with Crippen LogP contribution in [0.3, 0.4) is 0 Å². The molecule has 1 saturated carbocycles. The van der Waals surface area contributed by atoms with Crippen LogP contribution in [0.4, 0.5) is 0 Å². The number of aromatic nitrogens is 2. The van der Waals surface area contributed by atoms with Gasteiger partial charge in [0.05, 0.1) is 0 Å². The minimum Gasteiger partial charge on any atom is -0.333 e. The third kappa shape index (κ3) is 3.07. The molecular weight excluding hydrogens is 238 g/mol. The van der Waals surface area contributed by atoms with Crippen LogP contribution in [0.5, 0.6) is 0 Å². The van der Waals surface area contributed by atoms with Crippen LogP contribution in [0.25, 0.3) is 0 Å². The second-order valence-corrected chi connectivity index (χ2v) is 6.57. The average molecular weight is 257 g/mol. The van der Waals surface area contributed by atoms with Crippen molar-refractivity contribution in [2.75, 3.05) is 0 Å². The summed E-state index contributed by atoms with van der Waals surface area (Å²) in [4.78, 5) is 4.13. The predicted octanol–water partition coefficient (Wildman–Crippen LogP) is 1.45. The van der Waals surface area contributed by atoms with Crippen molar-refractivity contribution in [2.45, 2.75) is 50.6 Å². The van der Waals surface area contributed by atoms with E-state index in [0.29, 0.717) is 0 Å². The Hall–Kier alpha value is -0.880. The molecule has 1 aliphatic carbocycles. The Morgan fingerprint density at radius 1 is 1.53 bits per heavy atom. The molecule has 5 nitrogen and oxygen atoms in total. The van der Waals surface area contributed by atoms with E-state index in [0.717, 1.165) is 24.7 Å². The van der Waals surface area contributed by atoms with E-state index in [4.69, 9.17) is 5.14 Å². The molecule has 17 heavy (non-hydrogen) atoms. The highest BCUT2D eigenvalue weighted by Crippen LogP contribution is 2.33. The summed E-state index contributed by atoms with van der Waals surface area (Å²) < 4.78 is 24.5. The second kappa shape index (κ2) is 4.42. The van der Waals surface area contributed by atoms with E-state index >= 15 is 0 Å². The Morgan fingerprint density at radius 3 is 2.65 bits per heavy atom. The molecule has 0 unspecified atom stereocenters. The Kier molecular flexibility index (Phi) is 3.27. The standard InChI is InChI=1S/C11H19N3O2S/c1-8(2)11-13-10(17(12,15)16)7-14(11)6-5-9-3-4-9/h7-9H,3-6H2,1-2H3,(H2,12,15,16). The summed E-state index contributed by atoms with van der Waals surface area (Å²) in [6, 6.07) is 0. The number of sulfonamides is 1. The zero-order valence-electron chi connectivity index (χ0n) is 10.3. The van der Waals surface area contributed by atoms with Crippen molar-refractivity contribution in [3.63, 3.8) is 0 Å². The Morgan fingerprint density at radius 2 is 2.18 bits per heavy atom. The first kappa shape index (κ1) is 12.6. The number of nitrogens with zero attached hydrogens (tertiary/aromatic N) is 2. The van der Waals surface area contributed by atoms with Gasteiger partial charge in [0, 0.05) is 18.7 Å². The average Bonchev–Trinajstić information content (AvgIpc) is 2.91. The maximum absolute atomic E-state index is 11.3. The fourth-order valence-electron chi connectivity index (χ4n) is 1.91. The first-order valence-electron chi connectivity index (χ1n) is 5.98. The summed E-state index contributed by atoms with van der Waals surface area (Å²) >= 11 is 0. The van der Waals surface area contributed by atoms with Crippen LogP contribution in [0, 0.1) is 5.92 Å². The van der Waals surface area contributed by atoms with Crippen molar-refractivity contribution in [1.82, 2.24) is 9.55 Å². The number of hydrogen-bond acceptors (Lipinski definition) is 3. The molecule has 0 spiro atoms. The number of aryl methyl sites for hydroxylation is 1. The molecule has 0 atom stereocenters. The van der Waals surface area contributed by atoms with Crippen molar-refractivity contribution in [3.05, 3.63) is 12.0 Å². The summed E-state index contributed by atoms with van der Waals surface area (Å²) in [5.41, 5.74) is 0. The van der Waals surface area contributed by atoms with Gasteiger partial charge in [0.1, 0.15) is 5.82 Å². The van der Waals surface area contributed by atoms with Gasteiger partial charge in [-0.15, -0.1) is 0 Å². The van der Waals surface area contributed by atoms with E-state index in [1.807, 2.05) is 18.4 Å². The smallest absolute Gasteiger partial charge is 0.257 e. The van der Waals surface area contributed by atoms with Crippen molar-refractivity contribution in [2.24, 2.45) is 11.1 Å². The molecule has 1 aromatic rings. The summed E-state index contributed by atoms with van der Waals surface area (Å²) in [5.74, 6) is 1.81. The van der Waals surface area contributed by atoms with E-state index in [9.17, 15) is 8.42 Å². The topological polar surface area (TPSA) is 78.0 Å². The van der Waals surface area contributed by atoms with Gasteiger partial charge in [-0.2, -0.15) is 0 Å². The number of nitrogens with two attached hydrogens (primary N) is 1. The highest BCUT2D eigenvalue weighted by atomic mass is 32.2. The van der Waals surface area contributed by atoms with Gasteiger partial charge in [-0.3, -0.25) is 0 Å². The molecule has 0 aromatic carbocycles. The van der Waals surface area contributed by atoms with Gasteiger partial charge in [-0.1, -0.05) is 26.7 Å². The third-order valence-corrected chi connectivity index (χ3v) is 3.85. The number of rotatable bonds is 5. The molecule has 0 saturated heterocycles. The van der Waals surface area contributed by atoms with Crippen molar-refractivity contribution in [1.29, 1.82) is 0 Å². The molecule has 1 aliphatic rings. The largest absolute Gasteiger partial charge is 0.333 e. The fraction of sp³-hybridized carbons (Fsp3) is 0.727. The van der Waals surface area contributed by atoms with Crippen molar-refractivity contribution in [3.8, 4) is 0 Å². The maximum atomic E-state index is 11.3. The van der Waals surface area contributed by atoms with Crippen LogP contribution in [0.1, 0.15) is 44.9 Å². The highest BCUT2D eigenvalue weighted by molar-refractivity contribution is 7.89. The summed E-state index contributed by atoms with van der Waals surface area (Å²) in [7, 11) is -3.69. The van der Waals surface area contributed by atoms with E-state index in [1.54, 1.807) is 6.20 Å². The quantitative estimate of drug-likeness (QED) is 0.867. The molecule has 0 radical (unpaired) electrons. The van der Waals surface area contributed by atoms with Crippen LogP contribution >= 0.6 is 0 Å². The monoisotopic (exact) mass is 257 g/mol. The molecular formula is C11H19N3O2S. The molecule has 1 heterocycles. The Bertz CT molecular complexity index is 501. The lowest BCUT2D eigenvalue weighted by atomic mass is 10.2. The predicted molar refractivity (Wildman–Crippen MR) is 65.0 cm³/mol. The van der Waals surface area contributed by atoms with Gasteiger partial charge in [-0.05, 0) is 12.3 Å². The first-order valence-corrected chi connectivity index (χ1v) is 7.52. The molecule has 2 N–H and O–H groups in total. The number of imidazole rings is 1. The number of primary sulfonamides is 1. The molecule has 0 bridgehead atoms. The first-order chi connectivity index (χ1) is 7.88. The van der Waals surface area contributed by atoms with Crippen LogP contribution in [-0.4, -0.2) is 18.0 Å². The number of hydrogen-bond donors (Lipinski definition) is 1. The van der Waals surface area contributed by atoms with Crippen LogP contribution in [0.15, 0.2) is 11.2 Å².